The van der Waals surface area contributed by atoms with Gasteiger partial charge in [0.05, 0.1) is 31.9 Å². The third-order valence-electron chi connectivity index (χ3n) is 5.20. The van der Waals surface area contributed by atoms with Crippen LogP contribution < -0.4 is 4.87 Å². The maximum absolute atomic E-state index is 13.5. The van der Waals surface area contributed by atoms with Crippen molar-refractivity contribution >= 4 is 43.2 Å². The molecular weight excluding hydrogens is 420 g/mol. The molecule has 0 radical (unpaired) electrons. The predicted octanol–water partition coefficient (Wildman–Crippen LogP) is 3.29. The molecule has 1 aliphatic rings. The van der Waals surface area contributed by atoms with Gasteiger partial charge in [-0.2, -0.15) is 9.40 Å². The largest absolute Gasteiger partial charge is 0.307 e. The minimum Gasteiger partial charge on any atom is -0.302 e. The molecule has 1 aliphatic heterocycles. The lowest BCUT2D eigenvalue weighted by Crippen LogP contribution is -2.35. The summed E-state index contributed by atoms with van der Waals surface area (Å²) in [5.41, 5.74) is 1.33. The zero-order valence-corrected chi connectivity index (χ0v) is 18.0. The average molecular weight is 441 g/mol. The predicted molar refractivity (Wildman–Crippen MR) is 110 cm³/mol. The molecular formula is C18H21ClN4O3S2. The summed E-state index contributed by atoms with van der Waals surface area (Å²) < 4.78 is 32.4. The molecule has 3 heterocycles. The third-order valence-corrected chi connectivity index (χ3v) is 8.39. The minimum atomic E-state index is -3.76. The lowest BCUT2D eigenvalue weighted by Gasteiger charge is -2.28. The normalized spacial score (nSPS) is 19.2. The Hall–Kier alpha value is -1.68. The monoisotopic (exact) mass is 440 g/mol. The van der Waals surface area contributed by atoms with Crippen LogP contribution in [0, 0.1) is 0 Å². The van der Waals surface area contributed by atoms with E-state index < -0.39 is 16.1 Å². The number of hydrogen-bond acceptors (Lipinski definition) is 5. The fraction of sp³-hybridized carbons (Fsp3) is 0.444. The number of sulfonamides is 1. The molecule has 2 aromatic heterocycles. The van der Waals surface area contributed by atoms with Gasteiger partial charge < -0.3 is 4.57 Å². The molecule has 3 aromatic rings. The molecule has 1 saturated heterocycles. The van der Waals surface area contributed by atoms with Crippen molar-refractivity contribution < 1.29 is 8.42 Å². The molecule has 0 N–H and O–H groups in total. The fourth-order valence-corrected chi connectivity index (χ4v) is 6.74. The summed E-state index contributed by atoms with van der Waals surface area (Å²) in [6, 6.07) is 4.47. The molecule has 0 bridgehead atoms. The number of rotatable bonds is 3. The Morgan fingerprint density at radius 1 is 1.21 bits per heavy atom. The molecule has 0 spiro atoms. The standard InChI is InChI=1S/C18H21ClN4O3S2/c1-21-11-13(19)17(20-21)15-6-4-3-5-9-23(15)28(25,26)12-7-8-14-16(10-12)27-18(24)22(14)2/h7-8,10-11,15H,3-6,9H2,1-2H3/t15-/m1/s1. The highest BCUT2D eigenvalue weighted by Crippen LogP contribution is 2.37. The van der Waals surface area contributed by atoms with Gasteiger partial charge in [0.25, 0.3) is 0 Å². The van der Waals surface area contributed by atoms with E-state index in [2.05, 4.69) is 5.10 Å². The number of fused-ring (bicyclic) bond motifs is 1. The van der Waals surface area contributed by atoms with Crippen LogP contribution in [0.2, 0.25) is 5.02 Å². The van der Waals surface area contributed by atoms with Gasteiger partial charge in [-0.1, -0.05) is 35.8 Å². The number of hydrogen-bond donors (Lipinski definition) is 0. The molecule has 1 atom stereocenters. The summed E-state index contributed by atoms with van der Waals surface area (Å²) in [4.78, 5) is 12.0. The van der Waals surface area contributed by atoms with Gasteiger partial charge in [-0.15, -0.1) is 0 Å². The molecule has 1 aromatic carbocycles. The van der Waals surface area contributed by atoms with Crippen LogP contribution in [0.5, 0.6) is 0 Å². The molecule has 150 valence electrons. The molecule has 0 saturated carbocycles. The zero-order valence-electron chi connectivity index (χ0n) is 15.6. The quantitative estimate of drug-likeness (QED) is 0.626. The van der Waals surface area contributed by atoms with Crippen LogP contribution in [0.3, 0.4) is 0 Å². The molecule has 1 fully saturated rings. The summed E-state index contributed by atoms with van der Waals surface area (Å²) in [5.74, 6) is 0. The van der Waals surface area contributed by atoms with Crippen LogP contribution in [0.15, 0.2) is 34.1 Å². The Bertz CT molecular complexity index is 1200. The molecule has 4 rings (SSSR count). The average Bonchev–Trinajstić information content (AvgIpc) is 3.00. The maximum Gasteiger partial charge on any atom is 0.307 e. The number of nitrogens with zero attached hydrogens (tertiary/aromatic N) is 4. The van der Waals surface area contributed by atoms with Crippen LogP contribution in [0.1, 0.15) is 37.4 Å². The highest BCUT2D eigenvalue weighted by atomic mass is 35.5. The highest BCUT2D eigenvalue weighted by molar-refractivity contribution is 7.89. The molecule has 28 heavy (non-hydrogen) atoms. The van der Waals surface area contributed by atoms with Crippen molar-refractivity contribution in [3.63, 3.8) is 0 Å². The Morgan fingerprint density at radius 3 is 2.71 bits per heavy atom. The first-order valence-corrected chi connectivity index (χ1v) is 11.7. The number of benzene rings is 1. The van der Waals surface area contributed by atoms with Crippen molar-refractivity contribution in [1.29, 1.82) is 0 Å². The Kier molecular flexibility index (Phi) is 5.11. The Labute approximate surface area is 172 Å². The maximum atomic E-state index is 13.5. The van der Waals surface area contributed by atoms with E-state index in [1.54, 1.807) is 43.2 Å². The Balaban J connectivity index is 1.81. The van der Waals surface area contributed by atoms with E-state index in [9.17, 15) is 13.2 Å². The zero-order chi connectivity index (χ0) is 20.1. The molecule has 0 unspecified atom stereocenters. The molecule has 0 amide bonds. The van der Waals surface area contributed by atoms with Gasteiger partial charge in [0.1, 0.15) is 0 Å². The lowest BCUT2D eigenvalue weighted by atomic mass is 10.1. The third kappa shape index (κ3) is 3.30. The molecule has 0 aliphatic carbocycles. The van der Waals surface area contributed by atoms with E-state index in [1.807, 2.05) is 0 Å². The van der Waals surface area contributed by atoms with Gasteiger partial charge in [0.15, 0.2) is 0 Å². The highest BCUT2D eigenvalue weighted by Gasteiger charge is 2.36. The summed E-state index contributed by atoms with van der Waals surface area (Å²) in [6.07, 6.45) is 5.05. The van der Waals surface area contributed by atoms with Gasteiger partial charge in [-0.25, -0.2) is 8.42 Å². The van der Waals surface area contributed by atoms with Crippen molar-refractivity contribution in [2.24, 2.45) is 14.1 Å². The number of thiazole rings is 1. The van der Waals surface area contributed by atoms with E-state index in [1.165, 1.54) is 8.87 Å². The number of aromatic nitrogens is 3. The van der Waals surface area contributed by atoms with E-state index in [0.717, 1.165) is 36.1 Å². The number of halogens is 1. The minimum absolute atomic E-state index is 0.113. The van der Waals surface area contributed by atoms with E-state index in [4.69, 9.17) is 11.6 Å². The van der Waals surface area contributed by atoms with E-state index >= 15 is 0 Å². The van der Waals surface area contributed by atoms with Gasteiger partial charge >= 0.3 is 4.87 Å². The lowest BCUT2D eigenvalue weighted by molar-refractivity contribution is 0.322. The van der Waals surface area contributed by atoms with E-state index in [0.29, 0.717) is 28.4 Å². The summed E-state index contributed by atoms with van der Waals surface area (Å²) >= 11 is 7.40. The van der Waals surface area contributed by atoms with Gasteiger partial charge in [-0.05, 0) is 31.0 Å². The first kappa shape index (κ1) is 19.6. The van der Waals surface area contributed by atoms with E-state index in [-0.39, 0.29) is 9.77 Å². The second-order valence-electron chi connectivity index (χ2n) is 7.07. The van der Waals surface area contributed by atoms with Gasteiger partial charge in [0, 0.05) is 26.8 Å². The van der Waals surface area contributed by atoms with Crippen molar-refractivity contribution in [1.82, 2.24) is 18.7 Å². The first-order valence-electron chi connectivity index (χ1n) is 9.09. The van der Waals surface area contributed by atoms with Gasteiger partial charge in [-0.3, -0.25) is 9.48 Å². The Morgan fingerprint density at radius 2 is 2.00 bits per heavy atom. The molecule has 7 nitrogen and oxygen atoms in total. The molecule has 10 heteroatoms. The second kappa shape index (κ2) is 7.29. The van der Waals surface area contributed by atoms with Gasteiger partial charge in [0.2, 0.25) is 10.0 Å². The van der Waals surface area contributed by atoms with Crippen LogP contribution in [0.25, 0.3) is 10.2 Å². The summed E-state index contributed by atoms with van der Waals surface area (Å²) in [5, 5.41) is 4.91. The van der Waals surface area contributed by atoms with Crippen LogP contribution in [-0.4, -0.2) is 33.6 Å². The first-order chi connectivity index (χ1) is 13.3. The smallest absolute Gasteiger partial charge is 0.302 e. The van der Waals surface area contributed by atoms with Crippen LogP contribution in [0.4, 0.5) is 0 Å². The SMILES string of the molecule is Cn1cc(Cl)c([C@H]2CCCCCN2S(=O)(=O)c2ccc3c(c2)sc(=O)n3C)n1. The van der Waals surface area contributed by atoms with Crippen molar-refractivity contribution in [2.45, 2.75) is 36.6 Å². The van der Waals surface area contributed by atoms with Crippen LogP contribution in [-0.2, 0) is 24.1 Å². The topological polar surface area (TPSA) is 77.2 Å². The number of aryl methyl sites for hydroxylation is 2. The second-order valence-corrected chi connectivity index (χ2v) is 10.4. The van der Waals surface area contributed by atoms with Crippen molar-refractivity contribution in [2.75, 3.05) is 6.54 Å². The van der Waals surface area contributed by atoms with Crippen LogP contribution >= 0.6 is 22.9 Å². The summed E-state index contributed by atoms with van der Waals surface area (Å²) in [6.45, 7) is 0.420. The van der Waals surface area contributed by atoms with Crippen molar-refractivity contribution in [3.8, 4) is 0 Å². The van der Waals surface area contributed by atoms with Crippen molar-refractivity contribution in [3.05, 3.63) is 44.8 Å². The summed E-state index contributed by atoms with van der Waals surface area (Å²) in [7, 11) is -0.307. The fourth-order valence-electron chi connectivity index (χ4n) is 3.76.